The van der Waals surface area contributed by atoms with Gasteiger partial charge in [0.05, 0.1) is 6.10 Å². The summed E-state index contributed by atoms with van der Waals surface area (Å²) in [5.41, 5.74) is 0. The molecule has 1 aliphatic rings. The molecule has 0 radical (unpaired) electrons. The molecule has 0 spiro atoms. The number of aliphatic hydroxyl groups excluding tert-OH is 1. The fourth-order valence-electron chi connectivity index (χ4n) is 2.39. The number of hydrogen-bond donors (Lipinski definition) is 2. The van der Waals surface area contributed by atoms with Gasteiger partial charge in [0.25, 0.3) is 0 Å². The third kappa shape index (κ3) is 4.09. The lowest BCUT2D eigenvalue weighted by atomic mass is 9.93. The van der Waals surface area contributed by atoms with Crippen LogP contribution >= 0.6 is 0 Å². The Hall–Kier alpha value is -0.120. The van der Waals surface area contributed by atoms with Gasteiger partial charge in [0.2, 0.25) is 0 Å². The molecule has 0 aliphatic carbocycles. The fraction of sp³-hybridized carbons (Fsp3) is 1.00. The largest absolute Gasteiger partial charge is 0.392 e. The van der Waals surface area contributed by atoms with Crippen LogP contribution < -0.4 is 5.32 Å². The van der Waals surface area contributed by atoms with Gasteiger partial charge in [0.1, 0.15) is 0 Å². The molecule has 90 valence electrons. The van der Waals surface area contributed by atoms with Crippen LogP contribution in [0.15, 0.2) is 0 Å². The number of β-amino-alcohol motifs (C(OH)–C–C–N with tert-alkyl or cyclic N) is 1. The molecular formula is C12H26N2O. The van der Waals surface area contributed by atoms with Crippen molar-refractivity contribution in [3.8, 4) is 0 Å². The molecule has 3 heteroatoms. The maximum absolute atomic E-state index is 9.61. The van der Waals surface area contributed by atoms with Crippen molar-refractivity contribution in [3.63, 3.8) is 0 Å². The lowest BCUT2D eigenvalue weighted by Gasteiger charge is -2.38. The normalized spacial score (nSPS) is 30.4. The highest BCUT2D eigenvalue weighted by Gasteiger charge is 2.25. The Balaban J connectivity index is 2.30. The molecule has 1 aliphatic heterocycles. The Bertz CT molecular complexity index is 175. The molecule has 15 heavy (non-hydrogen) atoms. The van der Waals surface area contributed by atoms with Crippen molar-refractivity contribution in [2.24, 2.45) is 5.92 Å². The zero-order valence-electron chi connectivity index (χ0n) is 10.4. The number of nitrogens with zero attached hydrogens (tertiary/aromatic N) is 1. The van der Waals surface area contributed by atoms with E-state index in [1.54, 1.807) is 0 Å². The molecule has 1 saturated heterocycles. The summed E-state index contributed by atoms with van der Waals surface area (Å²) in [6.07, 6.45) is 1.93. The monoisotopic (exact) mass is 214 g/mol. The lowest BCUT2D eigenvalue weighted by molar-refractivity contribution is 0.0739. The lowest BCUT2D eigenvalue weighted by Crippen LogP contribution is -2.49. The van der Waals surface area contributed by atoms with E-state index in [0.29, 0.717) is 12.0 Å². The van der Waals surface area contributed by atoms with Crippen molar-refractivity contribution in [3.05, 3.63) is 0 Å². The maximum atomic E-state index is 9.61. The Labute approximate surface area is 93.9 Å². The van der Waals surface area contributed by atoms with Crippen molar-refractivity contribution in [2.75, 3.05) is 26.2 Å². The van der Waals surface area contributed by atoms with Gasteiger partial charge in [0, 0.05) is 19.1 Å². The van der Waals surface area contributed by atoms with Crippen molar-refractivity contribution < 1.29 is 5.11 Å². The maximum Gasteiger partial charge on any atom is 0.0664 e. The highest BCUT2D eigenvalue weighted by molar-refractivity contribution is 4.83. The SMILES string of the molecule is CCNC1CCN(CC(O)CC)CC1C. The quantitative estimate of drug-likeness (QED) is 0.719. The number of rotatable bonds is 5. The van der Waals surface area contributed by atoms with E-state index < -0.39 is 0 Å². The molecule has 0 aromatic carbocycles. The van der Waals surface area contributed by atoms with Gasteiger partial charge in [-0.1, -0.05) is 20.8 Å². The molecular weight excluding hydrogens is 188 g/mol. The van der Waals surface area contributed by atoms with Crippen molar-refractivity contribution in [2.45, 2.75) is 45.8 Å². The number of hydrogen-bond acceptors (Lipinski definition) is 3. The summed E-state index contributed by atoms with van der Waals surface area (Å²) in [6, 6.07) is 0.671. The minimum atomic E-state index is -0.145. The van der Waals surface area contributed by atoms with Crippen LogP contribution in [-0.2, 0) is 0 Å². The van der Waals surface area contributed by atoms with E-state index in [9.17, 15) is 5.11 Å². The van der Waals surface area contributed by atoms with Gasteiger partial charge in [-0.2, -0.15) is 0 Å². The summed E-state index contributed by atoms with van der Waals surface area (Å²) in [5.74, 6) is 0.697. The molecule has 1 heterocycles. The van der Waals surface area contributed by atoms with E-state index in [1.807, 2.05) is 6.92 Å². The summed E-state index contributed by atoms with van der Waals surface area (Å²) in [6.45, 7) is 10.7. The van der Waals surface area contributed by atoms with Gasteiger partial charge in [0.15, 0.2) is 0 Å². The first-order valence-corrected chi connectivity index (χ1v) is 6.31. The molecule has 0 aromatic heterocycles. The van der Waals surface area contributed by atoms with Crippen LogP contribution in [0.1, 0.15) is 33.6 Å². The number of piperidine rings is 1. The Kier molecular flexibility index (Phi) is 5.58. The van der Waals surface area contributed by atoms with Crippen LogP contribution in [-0.4, -0.2) is 48.3 Å². The van der Waals surface area contributed by atoms with Crippen LogP contribution in [0.25, 0.3) is 0 Å². The van der Waals surface area contributed by atoms with E-state index >= 15 is 0 Å². The Morgan fingerprint density at radius 1 is 1.47 bits per heavy atom. The van der Waals surface area contributed by atoms with Crippen LogP contribution in [0.4, 0.5) is 0 Å². The summed E-state index contributed by atoms with van der Waals surface area (Å²) in [4.78, 5) is 2.40. The minimum Gasteiger partial charge on any atom is -0.392 e. The van der Waals surface area contributed by atoms with E-state index in [4.69, 9.17) is 0 Å². The minimum absolute atomic E-state index is 0.145. The molecule has 0 saturated carbocycles. The Morgan fingerprint density at radius 3 is 2.73 bits per heavy atom. The van der Waals surface area contributed by atoms with Gasteiger partial charge >= 0.3 is 0 Å². The molecule has 3 nitrogen and oxygen atoms in total. The van der Waals surface area contributed by atoms with Crippen LogP contribution in [0.2, 0.25) is 0 Å². The molecule has 3 unspecified atom stereocenters. The van der Waals surface area contributed by atoms with Gasteiger partial charge in [-0.25, -0.2) is 0 Å². The molecule has 3 atom stereocenters. The van der Waals surface area contributed by atoms with Crippen LogP contribution in [0.3, 0.4) is 0 Å². The predicted octanol–water partition coefficient (Wildman–Crippen LogP) is 1.08. The van der Waals surface area contributed by atoms with Crippen LogP contribution in [0.5, 0.6) is 0 Å². The first kappa shape index (κ1) is 12.9. The standard InChI is InChI=1S/C12H26N2O/c1-4-11(15)9-14-7-6-12(13-5-2)10(3)8-14/h10-13,15H,4-9H2,1-3H3. The van der Waals surface area contributed by atoms with Gasteiger partial charge in [-0.05, 0) is 31.8 Å². The zero-order valence-corrected chi connectivity index (χ0v) is 10.4. The van der Waals surface area contributed by atoms with E-state index in [2.05, 4.69) is 24.1 Å². The smallest absolute Gasteiger partial charge is 0.0664 e. The molecule has 1 fully saturated rings. The van der Waals surface area contributed by atoms with Gasteiger partial charge in [-0.3, -0.25) is 0 Å². The second-order valence-corrected chi connectivity index (χ2v) is 4.75. The summed E-state index contributed by atoms with van der Waals surface area (Å²) in [7, 11) is 0. The zero-order chi connectivity index (χ0) is 11.3. The number of nitrogens with one attached hydrogen (secondary N) is 1. The molecule has 0 amide bonds. The van der Waals surface area contributed by atoms with Crippen molar-refractivity contribution in [1.82, 2.24) is 10.2 Å². The summed E-state index contributed by atoms with van der Waals surface area (Å²) >= 11 is 0. The first-order chi connectivity index (χ1) is 7.17. The second kappa shape index (κ2) is 6.46. The first-order valence-electron chi connectivity index (χ1n) is 6.31. The third-order valence-corrected chi connectivity index (χ3v) is 3.40. The van der Waals surface area contributed by atoms with Gasteiger partial charge < -0.3 is 15.3 Å². The van der Waals surface area contributed by atoms with E-state index in [-0.39, 0.29) is 6.10 Å². The van der Waals surface area contributed by atoms with Crippen molar-refractivity contribution in [1.29, 1.82) is 0 Å². The Morgan fingerprint density at radius 2 is 2.20 bits per heavy atom. The number of aliphatic hydroxyl groups is 1. The van der Waals surface area contributed by atoms with Gasteiger partial charge in [-0.15, -0.1) is 0 Å². The van der Waals surface area contributed by atoms with Crippen LogP contribution in [0, 0.1) is 5.92 Å². The highest BCUT2D eigenvalue weighted by atomic mass is 16.3. The fourth-order valence-corrected chi connectivity index (χ4v) is 2.39. The average Bonchev–Trinajstić information content (AvgIpc) is 2.22. The second-order valence-electron chi connectivity index (χ2n) is 4.75. The predicted molar refractivity (Wildman–Crippen MR) is 64.0 cm³/mol. The third-order valence-electron chi connectivity index (χ3n) is 3.40. The summed E-state index contributed by atoms with van der Waals surface area (Å²) in [5, 5.41) is 13.1. The average molecular weight is 214 g/mol. The van der Waals surface area contributed by atoms with E-state index in [1.165, 1.54) is 6.42 Å². The molecule has 0 aromatic rings. The highest BCUT2D eigenvalue weighted by Crippen LogP contribution is 2.17. The van der Waals surface area contributed by atoms with E-state index in [0.717, 1.165) is 32.6 Å². The molecule has 1 rings (SSSR count). The number of likely N-dealkylation sites (tertiary alicyclic amines) is 1. The topological polar surface area (TPSA) is 35.5 Å². The summed E-state index contributed by atoms with van der Waals surface area (Å²) < 4.78 is 0. The molecule has 2 N–H and O–H groups in total. The molecule has 0 bridgehead atoms. The van der Waals surface area contributed by atoms with Crippen molar-refractivity contribution >= 4 is 0 Å².